The molecule has 0 saturated carbocycles. The predicted molar refractivity (Wildman–Crippen MR) is 122 cm³/mol. The number of anilines is 2. The van der Waals surface area contributed by atoms with Gasteiger partial charge in [-0.2, -0.15) is 8.42 Å². The maximum Gasteiger partial charge on any atom is 0.285 e. The summed E-state index contributed by atoms with van der Waals surface area (Å²) in [4.78, 5) is 8.71. The van der Waals surface area contributed by atoms with Crippen molar-refractivity contribution in [3.63, 3.8) is 0 Å². The first-order chi connectivity index (χ1) is 14.7. The molecule has 0 radical (unpaired) electrons. The van der Waals surface area contributed by atoms with E-state index in [2.05, 4.69) is 25.0 Å². The van der Waals surface area contributed by atoms with Crippen molar-refractivity contribution in [1.29, 1.82) is 0 Å². The summed E-state index contributed by atoms with van der Waals surface area (Å²) in [5.41, 5.74) is 3.07. The third kappa shape index (κ3) is 6.26. The Bertz CT molecular complexity index is 1150. The van der Waals surface area contributed by atoms with Gasteiger partial charge in [0.2, 0.25) is 11.9 Å². The Balaban J connectivity index is 1.96. The zero-order chi connectivity index (χ0) is 22.4. The molecule has 0 amide bonds. The molecule has 0 bridgehead atoms. The monoisotopic (exact) mass is 439 g/mol. The number of rotatable bonds is 6. The topological polar surface area (TPSA) is 106 Å². The van der Waals surface area contributed by atoms with Crippen molar-refractivity contribution in [3.05, 3.63) is 71.5 Å². The van der Waals surface area contributed by atoms with Gasteiger partial charge < -0.3 is 10.1 Å². The highest BCUT2D eigenvalue weighted by atomic mass is 32.2. The molecule has 2 N–H and O–H groups in total. The first kappa shape index (κ1) is 22.2. The van der Waals surface area contributed by atoms with E-state index in [1.807, 2.05) is 33.8 Å². The summed E-state index contributed by atoms with van der Waals surface area (Å²) in [7, 11) is -3.97. The van der Waals surface area contributed by atoms with Crippen molar-refractivity contribution in [2.75, 3.05) is 17.2 Å². The minimum absolute atomic E-state index is 0.0188. The van der Waals surface area contributed by atoms with E-state index in [1.54, 1.807) is 36.4 Å². The minimum Gasteiger partial charge on any atom is -0.494 e. The molecule has 0 saturated heterocycles. The Hall–Kier alpha value is -3.46. The molecule has 1 aromatic heterocycles. The molecule has 2 aromatic carbocycles. The van der Waals surface area contributed by atoms with E-state index < -0.39 is 10.0 Å². The number of nitrogens with one attached hydrogen (secondary N) is 2. The van der Waals surface area contributed by atoms with Gasteiger partial charge in [-0.05, 0) is 70.2 Å². The number of benzene rings is 2. The van der Waals surface area contributed by atoms with Gasteiger partial charge in [0.1, 0.15) is 5.75 Å². The molecule has 9 heteroatoms. The molecule has 0 spiro atoms. The molecular formula is C22H25N5O3S. The van der Waals surface area contributed by atoms with E-state index in [1.165, 1.54) is 12.1 Å². The van der Waals surface area contributed by atoms with Gasteiger partial charge in [0.25, 0.3) is 10.0 Å². The van der Waals surface area contributed by atoms with Crippen LogP contribution in [0.3, 0.4) is 0 Å². The van der Waals surface area contributed by atoms with Crippen molar-refractivity contribution >= 4 is 27.6 Å². The number of ether oxygens (including phenoxy) is 1. The Kier molecular flexibility index (Phi) is 6.86. The number of hydrogen-bond acceptors (Lipinski definition) is 5. The average Bonchev–Trinajstić information content (AvgIpc) is 2.69. The van der Waals surface area contributed by atoms with Gasteiger partial charge in [-0.3, -0.25) is 5.32 Å². The molecule has 31 heavy (non-hydrogen) atoms. The average molecular weight is 440 g/mol. The summed E-state index contributed by atoms with van der Waals surface area (Å²) >= 11 is 0. The summed E-state index contributed by atoms with van der Waals surface area (Å²) in [5.74, 6) is 0.938. The van der Waals surface area contributed by atoms with Crippen molar-refractivity contribution < 1.29 is 13.2 Å². The number of nitrogens with zero attached hydrogens (tertiary/aromatic N) is 3. The van der Waals surface area contributed by atoms with Crippen molar-refractivity contribution in [2.24, 2.45) is 4.40 Å². The van der Waals surface area contributed by atoms with Crippen LogP contribution in [0.2, 0.25) is 0 Å². The quantitative estimate of drug-likeness (QED) is 0.440. The second-order valence-corrected chi connectivity index (χ2v) is 8.51. The predicted octanol–water partition coefficient (Wildman–Crippen LogP) is 4.07. The molecule has 0 aliphatic rings. The molecule has 0 unspecified atom stereocenters. The van der Waals surface area contributed by atoms with E-state index in [-0.39, 0.29) is 16.8 Å². The Morgan fingerprint density at radius 2 is 1.55 bits per heavy atom. The maximum absolute atomic E-state index is 12.9. The first-order valence-electron chi connectivity index (χ1n) is 9.76. The zero-order valence-corrected chi connectivity index (χ0v) is 18.7. The number of aryl methyl sites for hydroxylation is 3. The zero-order valence-electron chi connectivity index (χ0n) is 17.9. The van der Waals surface area contributed by atoms with Gasteiger partial charge in [-0.1, -0.05) is 17.7 Å². The lowest BCUT2D eigenvalue weighted by atomic mass is 10.2. The third-order valence-corrected chi connectivity index (χ3v) is 5.46. The first-order valence-corrected chi connectivity index (χ1v) is 11.2. The fourth-order valence-corrected chi connectivity index (χ4v) is 3.70. The van der Waals surface area contributed by atoms with Crippen LogP contribution in [-0.2, 0) is 10.0 Å². The number of guanidine groups is 1. The number of aromatic nitrogens is 2. The number of sulfonamides is 1. The van der Waals surface area contributed by atoms with E-state index in [0.29, 0.717) is 18.0 Å². The van der Waals surface area contributed by atoms with Crippen LogP contribution in [0.5, 0.6) is 5.75 Å². The van der Waals surface area contributed by atoms with Gasteiger partial charge in [-0.15, -0.1) is 4.40 Å². The molecule has 0 atom stereocenters. The lowest BCUT2D eigenvalue weighted by molar-refractivity contribution is 0.340. The van der Waals surface area contributed by atoms with Crippen LogP contribution in [0.1, 0.15) is 23.9 Å². The highest BCUT2D eigenvalue weighted by Gasteiger charge is 2.16. The van der Waals surface area contributed by atoms with Crippen LogP contribution in [0.4, 0.5) is 11.6 Å². The summed E-state index contributed by atoms with van der Waals surface area (Å²) < 4.78 is 35.2. The van der Waals surface area contributed by atoms with Crippen LogP contribution in [-0.4, -0.2) is 31.0 Å². The van der Waals surface area contributed by atoms with E-state index in [0.717, 1.165) is 17.0 Å². The highest BCUT2D eigenvalue weighted by molar-refractivity contribution is 7.90. The fourth-order valence-electron chi connectivity index (χ4n) is 2.79. The smallest absolute Gasteiger partial charge is 0.285 e. The minimum atomic E-state index is -3.97. The Labute approximate surface area is 182 Å². The second kappa shape index (κ2) is 9.57. The second-order valence-electron chi connectivity index (χ2n) is 6.91. The lowest BCUT2D eigenvalue weighted by Gasteiger charge is -2.13. The molecule has 8 nitrogen and oxygen atoms in total. The van der Waals surface area contributed by atoms with Crippen molar-refractivity contribution in [2.45, 2.75) is 32.6 Å². The lowest BCUT2D eigenvalue weighted by Crippen LogP contribution is -2.25. The highest BCUT2D eigenvalue weighted by Crippen LogP contribution is 2.18. The van der Waals surface area contributed by atoms with Gasteiger partial charge >= 0.3 is 0 Å². The summed E-state index contributed by atoms with van der Waals surface area (Å²) in [6.45, 7) is 8.01. The van der Waals surface area contributed by atoms with E-state index >= 15 is 0 Å². The molecule has 0 fully saturated rings. The van der Waals surface area contributed by atoms with E-state index in [9.17, 15) is 8.42 Å². The largest absolute Gasteiger partial charge is 0.494 e. The van der Waals surface area contributed by atoms with Crippen LogP contribution in [0, 0.1) is 20.8 Å². The van der Waals surface area contributed by atoms with Crippen LogP contribution >= 0.6 is 0 Å². The normalized spacial score (nSPS) is 11.8. The molecule has 0 aliphatic carbocycles. The number of hydrogen-bond donors (Lipinski definition) is 2. The standard InChI is InChI=1S/C22H25N5O3S/c1-5-30-19-10-8-18(9-11-19)25-22(26-21-23-16(3)14-17(4)24-21)27-31(28,29)20-12-6-15(2)7-13-20/h6-14H,5H2,1-4H3,(H2,23,24,25,26,27). The van der Waals surface area contributed by atoms with Crippen molar-refractivity contribution in [1.82, 2.24) is 9.97 Å². The van der Waals surface area contributed by atoms with E-state index in [4.69, 9.17) is 4.74 Å². The molecule has 0 aliphatic heterocycles. The van der Waals surface area contributed by atoms with Gasteiger partial charge in [0.15, 0.2) is 0 Å². The SMILES string of the molecule is CCOc1ccc(N/C(=N/S(=O)(=O)c2ccc(C)cc2)Nc2nc(C)cc(C)n2)cc1. The molecule has 162 valence electrons. The Morgan fingerprint density at radius 1 is 0.935 bits per heavy atom. The van der Waals surface area contributed by atoms with Gasteiger partial charge in [0, 0.05) is 17.1 Å². The molecule has 3 aromatic rings. The fraction of sp³-hybridized carbons (Fsp3) is 0.227. The summed E-state index contributed by atoms with van der Waals surface area (Å²) in [5, 5.41) is 5.89. The summed E-state index contributed by atoms with van der Waals surface area (Å²) in [6.07, 6.45) is 0. The molecule has 1 heterocycles. The Morgan fingerprint density at radius 3 is 2.13 bits per heavy atom. The maximum atomic E-state index is 12.9. The molecular weight excluding hydrogens is 414 g/mol. The van der Waals surface area contributed by atoms with Crippen LogP contribution in [0.25, 0.3) is 0 Å². The van der Waals surface area contributed by atoms with Gasteiger partial charge in [0.05, 0.1) is 11.5 Å². The van der Waals surface area contributed by atoms with Crippen molar-refractivity contribution in [3.8, 4) is 5.75 Å². The van der Waals surface area contributed by atoms with Gasteiger partial charge in [-0.25, -0.2) is 9.97 Å². The van der Waals surface area contributed by atoms with Crippen LogP contribution < -0.4 is 15.4 Å². The molecule has 3 rings (SSSR count). The van der Waals surface area contributed by atoms with Crippen LogP contribution in [0.15, 0.2) is 63.9 Å². The third-order valence-electron chi connectivity index (χ3n) is 4.17. The summed E-state index contributed by atoms with van der Waals surface area (Å²) in [6, 6.07) is 15.4.